The van der Waals surface area contributed by atoms with E-state index in [1.165, 1.54) is 0 Å². The molecule has 4 N–H and O–H groups in total. The molecule has 2 aromatic rings. The zero-order chi connectivity index (χ0) is 15.4. The Balaban J connectivity index is 0.000000200. The number of nitrogens with two attached hydrogens (primary N) is 2. The van der Waals surface area contributed by atoms with Crippen LogP contribution in [0.3, 0.4) is 0 Å². The fraction of sp³-hybridized carbons (Fsp3) is 0.167. The SMILES string of the molecule is Cc1cc(Br)nc(Cl)c1N.Cc1cc(Br)nc(Cl)c1N. The van der Waals surface area contributed by atoms with Crippen LogP contribution in [0.25, 0.3) is 0 Å². The van der Waals surface area contributed by atoms with Crippen LogP contribution in [0.15, 0.2) is 21.3 Å². The molecule has 8 heteroatoms. The van der Waals surface area contributed by atoms with E-state index in [2.05, 4.69) is 41.8 Å². The van der Waals surface area contributed by atoms with E-state index in [0.717, 1.165) is 11.1 Å². The molecule has 0 fully saturated rings. The van der Waals surface area contributed by atoms with Gasteiger partial charge in [-0.1, -0.05) is 23.2 Å². The van der Waals surface area contributed by atoms with Gasteiger partial charge >= 0.3 is 0 Å². The summed E-state index contributed by atoms with van der Waals surface area (Å²) in [6.07, 6.45) is 0. The van der Waals surface area contributed by atoms with Crippen molar-refractivity contribution >= 4 is 66.4 Å². The molecule has 2 aromatic heterocycles. The van der Waals surface area contributed by atoms with E-state index in [-0.39, 0.29) is 0 Å². The highest BCUT2D eigenvalue weighted by atomic mass is 79.9. The van der Waals surface area contributed by atoms with Crippen LogP contribution in [0.5, 0.6) is 0 Å². The number of nitrogen functional groups attached to an aromatic ring is 2. The topological polar surface area (TPSA) is 77.8 Å². The molecule has 0 aliphatic carbocycles. The van der Waals surface area contributed by atoms with Crippen molar-refractivity contribution in [3.05, 3.63) is 42.8 Å². The number of anilines is 2. The summed E-state index contributed by atoms with van der Waals surface area (Å²) in [4.78, 5) is 7.78. The van der Waals surface area contributed by atoms with Crippen LogP contribution in [0.2, 0.25) is 10.3 Å². The number of hydrogen-bond donors (Lipinski definition) is 2. The Hall–Kier alpha value is -0.560. The molecule has 2 heterocycles. The van der Waals surface area contributed by atoms with Crippen molar-refractivity contribution in [1.82, 2.24) is 9.97 Å². The first-order valence-electron chi connectivity index (χ1n) is 5.38. The number of aryl methyl sites for hydroxylation is 2. The van der Waals surface area contributed by atoms with Crippen molar-refractivity contribution in [1.29, 1.82) is 0 Å². The summed E-state index contributed by atoms with van der Waals surface area (Å²) in [5.41, 5.74) is 14.0. The largest absolute Gasteiger partial charge is 0.396 e. The monoisotopic (exact) mass is 440 g/mol. The average Bonchev–Trinajstić information content (AvgIpc) is 2.33. The fourth-order valence-electron chi connectivity index (χ4n) is 1.21. The molecule has 0 atom stereocenters. The molecule has 0 bridgehead atoms. The van der Waals surface area contributed by atoms with Crippen molar-refractivity contribution in [2.24, 2.45) is 0 Å². The minimum Gasteiger partial charge on any atom is -0.396 e. The van der Waals surface area contributed by atoms with Gasteiger partial charge in [0.2, 0.25) is 0 Å². The van der Waals surface area contributed by atoms with Crippen molar-refractivity contribution < 1.29 is 0 Å². The highest BCUT2D eigenvalue weighted by Crippen LogP contribution is 2.23. The predicted octanol–water partition coefficient (Wildman–Crippen LogP) is 4.78. The number of hydrogen-bond acceptors (Lipinski definition) is 4. The number of nitrogens with zero attached hydrogens (tertiary/aromatic N) is 2. The summed E-state index contributed by atoms with van der Waals surface area (Å²) in [6, 6.07) is 3.64. The Morgan fingerprint density at radius 2 is 1.15 bits per heavy atom. The van der Waals surface area contributed by atoms with Gasteiger partial charge in [0, 0.05) is 0 Å². The Kier molecular flexibility index (Phi) is 6.51. The van der Waals surface area contributed by atoms with E-state index >= 15 is 0 Å². The quantitative estimate of drug-likeness (QED) is 0.576. The van der Waals surface area contributed by atoms with Gasteiger partial charge in [-0.25, -0.2) is 9.97 Å². The van der Waals surface area contributed by atoms with Gasteiger partial charge in [0.15, 0.2) is 10.3 Å². The summed E-state index contributed by atoms with van der Waals surface area (Å²) in [6.45, 7) is 3.77. The predicted molar refractivity (Wildman–Crippen MR) is 92.2 cm³/mol. The molecule has 4 nitrogen and oxygen atoms in total. The third kappa shape index (κ3) is 4.77. The zero-order valence-corrected chi connectivity index (χ0v) is 15.4. The third-order valence-electron chi connectivity index (χ3n) is 2.38. The molecule has 20 heavy (non-hydrogen) atoms. The molecule has 108 valence electrons. The lowest BCUT2D eigenvalue weighted by Crippen LogP contribution is -1.93. The van der Waals surface area contributed by atoms with Crippen LogP contribution in [0.4, 0.5) is 11.4 Å². The highest BCUT2D eigenvalue weighted by molar-refractivity contribution is 9.10. The maximum atomic E-state index is 5.65. The number of halogens is 4. The first kappa shape index (κ1) is 17.5. The van der Waals surface area contributed by atoms with E-state index in [0.29, 0.717) is 30.9 Å². The standard InChI is InChI=1S/2C6H6BrClN2/c2*1-3-2-4(7)10-6(8)5(3)9/h2*2H,9H2,1H3. The van der Waals surface area contributed by atoms with E-state index in [9.17, 15) is 0 Å². The lowest BCUT2D eigenvalue weighted by Gasteiger charge is -2.00. The lowest BCUT2D eigenvalue weighted by molar-refractivity contribution is 1.25. The first-order chi connectivity index (χ1) is 9.22. The van der Waals surface area contributed by atoms with Crippen LogP contribution in [-0.2, 0) is 0 Å². The zero-order valence-electron chi connectivity index (χ0n) is 10.7. The maximum Gasteiger partial charge on any atom is 0.153 e. The number of pyridine rings is 2. The third-order valence-corrected chi connectivity index (χ3v) is 3.76. The molecule has 0 aromatic carbocycles. The summed E-state index contributed by atoms with van der Waals surface area (Å²) in [7, 11) is 0. The van der Waals surface area contributed by atoms with E-state index in [1.807, 2.05) is 26.0 Å². The van der Waals surface area contributed by atoms with Gasteiger partial charge in [0.05, 0.1) is 11.4 Å². The molecule has 0 saturated heterocycles. The van der Waals surface area contributed by atoms with Crippen LogP contribution in [0.1, 0.15) is 11.1 Å². The molecule has 0 unspecified atom stereocenters. The van der Waals surface area contributed by atoms with Crippen LogP contribution in [0, 0.1) is 13.8 Å². The fourth-order valence-corrected chi connectivity index (χ4v) is 2.94. The number of rotatable bonds is 0. The molecule has 0 amide bonds. The maximum absolute atomic E-state index is 5.65. The van der Waals surface area contributed by atoms with Crippen molar-refractivity contribution in [3.8, 4) is 0 Å². The Morgan fingerprint density at radius 1 is 0.850 bits per heavy atom. The summed E-state index contributed by atoms with van der Waals surface area (Å²) < 4.78 is 1.42. The molecule has 0 aliphatic heterocycles. The first-order valence-corrected chi connectivity index (χ1v) is 7.72. The Bertz CT molecular complexity index is 533. The summed E-state index contributed by atoms with van der Waals surface area (Å²) in [5.74, 6) is 0. The van der Waals surface area contributed by atoms with Crippen molar-refractivity contribution in [2.75, 3.05) is 11.5 Å². The second-order valence-electron chi connectivity index (χ2n) is 3.93. The molecular weight excluding hydrogens is 431 g/mol. The number of aromatic nitrogens is 2. The minimum atomic E-state index is 0.354. The summed E-state index contributed by atoms with van der Waals surface area (Å²) >= 11 is 17.7. The van der Waals surface area contributed by atoms with Crippen molar-refractivity contribution in [3.63, 3.8) is 0 Å². The molecule has 0 spiro atoms. The Labute approximate surface area is 144 Å². The minimum absolute atomic E-state index is 0.354. The van der Waals surface area contributed by atoms with Gasteiger partial charge in [-0.2, -0.15) is 0 Å². The Morgan fingerprint density at radius 3 is 1.40 bits per heavy atom. The molecule has 2 rings (SSSR count). The average molecular weight is 443 g/mol. The van der Waals surface area contributed by atoms with E-state index < -0.39 is 0 Å². The van der Waals surface area contributed by atoms with Gasteiger partial charge in [0.1, 0.15) is 9.21 Å². The van der Waals surface area contributed by atoms with Gasteiger partial charge < -0.3 is 11.5 Å². The van der Waals surface area contributed by atoms with E-state index in [4.69, 9.17) is 34.7 Å². The van der Waals surface area contributed by atoms with Crippen molar-refractivity contribution in [2.45, 2.75) is 13.8 Å². The van der Waals surface area contributed by atoms with Gasteiger partial charge in [-0.3, -0.25) is 0 Å². The second kappa shape index (κ2) is 7.45. The second-order valence-corrected chi connectivity index (χ2v) is 6.27. The van der Waals surface area contributed by atoms with Crippen LogP contribution < -0.4 is 11.5 Å². The van der Waals surface area contributed by atoms with Gasteiger partial charge in [-0.05, 0) is 69.0 Å². The van der Waals surface area contributed by atoms with Crippen LogP contribution in [-0.4, -0.2) is 9.97 Å². The van der Waals surface area contributed by atoms with E-state index in [1.54, 1.807) is 0 Å². The smallest absolute Gasteiger partial charge is 0.153 e. The van der Waals surface area contributed by atoms with Crippen LogP contribution >= 0.6 is 55.1 Å². The molecule has 0 aliphatic rings. The normalized spacial score (nSPS) is 9.90. The lowest BCUT2D eigenvalue weighted by atomic mass is 10.3. The molecule has 0 saturated carbocycles. The van der Waals surface area contributed by atoms with Gasteiger partial charge in [-0.15, -0.1) is 0 Å². The molecule has 0 radical (unpaired) electrons. The summed E-state index contributed by atoms with van der Waals surface area (Å²) in [5, 5.41) is 0.707. The van der Waals surface area contributed by atoms with Gasteiger partial charge in [0.25, 0.3) is 0 Å². The molecular formula is C12H12Br2Cl2N4. The highest BCUT2D eigenvalue weighted by Gasteiger charge is 2.02.